The Balaban J connectivity index is 1.54. The Bertz CT molecular complexity index is 670. The average Bonchev–Trinajstić information content (AvgIpc) is 3.30. The molecule has 3 N–H and O–H groups in total. The van der Waals surface area contributed by atoms with Crippen LogP contribution in [0.4, 0.5) is 4.79 Å². The number of carbonyl (C=O) groups excluding carboxylic acids is 2. The number of ketones is 1. The lowest BCUT2D eigenvalue weighted by Crippen LogP contribution is -2.50. The SMILES string of the molecule is CC(=O)CCNC[C@@H](O)C(Cc1ccccc1)NC(=O)OC1COC2OCCC12. The molecule has 1 amide bonds. The Hall–Kier alpha value is -2.00. The molecule has 1 aromatic rings. The average molecular weight is 406 g/mol. The normalized spacial score (nSPS) is 25.2. The summed E-state index contributed by atoms with van der Waals surface area (Å²) in [5.74, 6) is 0.147. The molecule has 2 fully saturated rings. The van der Waals surface area contributed by atoms with E-state index in [-0.39, 0.29) is 30.6 Å². The zero-order chi connectivity index (χ0) is 20.6. The van der Waals surface area contributed by atoms with Gasteiger partial charge >= 0.3 is 6.09 Å². The number of ether oxygens (including phenoxy) is 3. The van der Waals surface area contributed by atoms with Gasteiger partial charge < -0.3 is 30.0 Å². The number of carbonyl (C=O) groups is 2. The highest BCUT2D eigenvalue weighted by atomic mass is 16.7. The van der Waals surface area contributed by atoms with Crippen LogP contribution in [0.1, 0.15) is 25.3 Å². The van der Waals surface area contributed by atoms with Gasteiger partial charge in [-0.25, -0.2) is 4.79 Å². The highest BCUT2D eigenvalue weighted by Crippen LogP contribution is 2.32. The fourth-order valence-corrected chi connectivity index (χ4v) is 3.68. The van der Waals surface area contributed by atoms with E-state index in [9.17, 15) is 14.7 Å². The maximum atomic E-state index is 12.5. The van der Waals surface area contributed by atoms with Gasteiger partial charge in [-0.3, -0.25) is 4.79 Å². The van der Waals surface area contributed by atoms with Crippen LogP contribution in [-0.2, 0) is 25.4 Å². The number of nitrogens with one attached hydrogen (secondary N) is 2. The first-order valence-electron chi connectivity index (χ1n) is 10.2. The number of fused-ring (bicyclic) bond motifs is 1. The predicted molar refractivity (Wildman–Crippen MR) is 105 cm³/mol. The fourth-order valence-electron chi connectivity index (χ4n) is 3.68. The third-order valence-electron chi connectivity index (χ3n) is 5.32. The van der Waals surface area contributed by atoms with E-state index in [1.807, 2.05) is 30.3 Å². The van der Waals surface area contributed by atoms with Crippen LogP contribution in [0, 0.1) is 5.92 Å². The maximum absolute atomic E-state index is 12.5. The molecule has 5 atom stereocenters. The summed E-state index contributed by atoms with van der Waals surface area (Å²) >= 11 is 0. The van der Waals surface area contributed by atoms with Crippen molar-refractivity contribution in [2.24, 2.45) is 5.92 Å². The summed E-state index contributed by atoms with van der Waals surface area (Å²) < 4.78 is 16.5. The number of aliphatic hydroxyl groups is 1. The van der Waals surface area contributed by atoms with E-state index in [1.165, 1.54) is 6.92 Å². The van der Waals surface area contributed by atoms with Gasteiger partial charge in [0.05, 0.1) is 31.3 Å². The van der Waals surface area contributed by atoms with Crippen LogP contribution in [0.15, 0.2) is 30.3 Å². The van der Waals surface area contributed by atoms with Gasteiger partial charge in [0.2, 0.25) is 0 Å². The quantitative estimate of drug-likeness (QED) is 0.498. The predicted octanol–water partition coefficient (Wildman–Crippen LogP) is 1.01. The Morgan fingerprint density at radius 2 is 2.07 bits per heavy atom. The standard InChI is InChI=1S/C21H30N2O6/c1-14(24)7-9-22-12-18(25)17(11-15-5-3-2-4-6-15)23-21(26)29-19-13-28-20-16(19)8-10-27-20/h2-6,16-20,22,25H,7-13H2,1H3,(H,23,26)/t16?,17?,18-,19?,20?/m1/s1. The first kappa shape index (κ1) is 21.7. The second kappa shape index (κ2) is 10.7. The van der Waals surface area contributed by atoms with E-state index in [1.54, 1.807) is 0 Å². The molecular formula is C21H30N2O6. The second-order valence-corrected chi connectivity index (χ2v) is 7.63. The number of rotatable bonds is 10. The van der Waals surface area contributed by atoms with E-state index in [0.29, 0.717) is 32.6 Å². The van der Waals surface area contributed by atoms with Crippen LogP contribution in [-0.4, -0.2) is 67.8 Å². The molecule has 8 heteroatoms. The third kappa shape index (κ3) is 6.50. The molecule has 2 aliphatic rings. The van der Waals surface area contributed by atoms with E-state index < -0.39 is 18.2 Å². The highest BCUT2D eigenvalue weighted by Gasteiger charge is 2.44. The van der Waals surface area contributed by atoms with Crippen molar-refractivity contribution in [3.05, 3.63) is 35.9 Å². The summed E-state index contributed by atoms with van der Waals surface area (Å²) in [4.78, 5) is 23.6. The number of hydrogen-bond acceptors (Lipinski definition) is 7. The van der Waals surface area contributed by atoms with E-state index in [0.717, 1.165) is 12.0 Å². The van der Waals surface area contributed by atoms with Crippen molar-refractivity contribution in [3.8, 4) is 0 Å². The van der Waals surface area contributed by atoms with Gasteiger partial charge in [-0.05, 0) is 25.3 Å². The lowest BCUT2D eigenvalue weighted by Gasteiger charge is -2.26. The Morgan fingerprint density at radius 1 is 1.28 bits per heavy atom. The van der Waals surface area contributed by atoms with Crippen LogP contribution in [0.2, 0.25) is 0 Å². The molecule has 0 spiro atoms. The maximum Gasteiger partial charge on any atom is 0.407 e. The van der Waals surface area contributed by atoms with Gasteiger partial charge in [0, 0.05) is 19.5 Å². The van der Waals surface area contributed by atoms with Crippen molar-refractivity contribution in [1.29, 1.82) is 0 Å². The third-order valence-corrected chi connectivity index (χ3v) is 5.32. The Kier molecular flexibility index (Phi) is 8.00. The molecule has 0 aliphatic carbocycles. The Morgan fingerprint density at radius 3 is 2.83 bits per heavy atom. The van der Waals surface area contributed by atoms with Crippen LogP contribution in [0.5, 0.6) is 0 Å². The molecule has 8 nitrogen and oxygen atoms in total. The molecule has 0 saturated carbocycles. The number of amides is 1. The molecule has 0 aromatic heterocycles. The molecule has 1 aromatic carbocycles. The number of aliphatic hydroxyl groups excluding tert-OH is 1. The van der Waals surface area contributed by atoms with Gasteiger partial charge in [-0.15, -0.1) is 0 Å². The fraction of sp³-hybridized carbons (Fsp3) is 0.619. The van der Waals surface area contributed by atoms with Crippen molar-refractivity contribution < 1.29 is 28.9 Å². The van der Waals surface area contributed by atoms with Crippen LogP contribution < -0.4 is 10.6 Å². The summed E-state index contributed by atoms with van der Waals surface area (Å²) in [6.45, 7) is 3.20. The molecule has 2 saturated heterocycles. The van der Waals surface area contributed by atoms with Gasteiger partial charge in [0.15, 0.2) is 6.29 Å². The minimum atomic E-state index is -0.836. The van der Waals surface area contributed by atoms with Crippen molar-refractivity contribution in [1.82, 2.24) is 10.6 Å². The summed E-state index contributed by atoms with van der Waals surface area (Å²) in [6, 6.07) is 9.10. The molecule has 2 aliphatic heterocycles. The summed E-state index contributed by atoms with van der Waals surface area (Å²) in [6.07, 6.45) is -0.375. The van der Waals surface area contributed by atoms with E-state index in [4.69, 9.17) is 14.2 Å². The van der Waals surface area contributed by atoms with E-state index >= 15 is 0 Å². The molecular weight excluding hydrogens is 376 g/mol. The van der Waals surface area contributed by atoms with Gasteiger partial charge in [-0.2, -0.15) is 0 Å². The summed E-state index contributed by atoms with van der Waals surface area (Å²) in [5, 5.41) is 16.5. The minimum Gasteiger partial charge on any atom is -0.443 e. The first-order valence-corrected chi connectivity index (χ1v) is 10.2. The molecule has 2 heterocycles. The lowest BCUT2D eigenvalue weighted by molar-refractivity contribution is -0.116. The van der Waals surface area contributed by atoms with Gasteiger partial charge in [0.1, 0.15) is 11.9 Å². The number of Topliss-reactive ketones (excluding diaryl/α,β-unsaturated/α-hetero) is 1. The van der Waals surface area contributed by atoms with Crippen molar-refractivity contribution in [3.63, 3.8) is 0 Å². The largest absolute Gasteiger partial charge is 0.443 e. The van der Waals surface area contributed by atoms with Crippen molar-refractivity contribution >= 4 is 11.9 Å². The number of benzene rings is 1. The summed E-state index contributed by atoms with van der Waals surface area (Å²) in [7, 11) is 0. The monoisotopic (exact) mass is 406 g/mol. The molecule has 0 radical (unpaired) electrons. The molecule has 160 valence electrons. The molecule has 0 bridgehead atoms. The molecule has 29 heavy (non-hydrogen) atoms. The summed E-state index contributed by atoms with van der Waals surface area (Å²) in [5.41, 5.74) is 0.994. The van der Waals surface area contributed by atoms with Crippen LogP contribution in [0.25, 0.3) is 0 Å². The topological polar surface area (TPSA) is 106 Å². The minimum absolute atomic E-state index is 0.0616. The van der Waals surface area contributed by atoms with Crippen LogP contribution in [0.3, 0.4) is 0 Å². The zero-order valence-electron chi connectivity index (χ0n) is 16.7. The molecule has 3 rings (SSSR count). The smallest absolute Gasteiger partial charge is 0.407 e. The van der Waals surface area contributed by atoms with Crippen molar-refractivity contribution in [2.75, 3.05) is 26.3 Å². The van der Waals surface area contributed by atoms with Crippen LogP contribution >= 0.6 is 0 Å². The Labute approximate surface area is 170 Å². The zero-order valence-corrected chi connectivity index (χ0v) is 16.7. The highest BCUT2D eigenvalue weighted by molar-refractivity contribution is 5.75. The van der Waals surface area contributed by atoms with Gasteiger partial charge in [0.25, 0.3) is 0 Å². The number of hydrogen-bond donors (Lipinski definition) is 3. The van der Waals surface area contributed by atoms with Gasteiger partial charge in [-0.1, -0.05) is 30.3 Å². The van der Waals surface area contributed by atoms with Crippen molar-refractivity contribution in [2.45, 2.75) is 50.7 Å². The lowest BCUT2D eigenvalue weighted by atomic mass is 10.0. The second-order valence-electron chi connectivity index (χ2n) is 7.63. The van der Waals surface area contributed by atoms with E-state index in [2.05, 4.69) is 10.6 Å². The first-order chi connectivity index (χ1) is 14.0. The number of alkyl carbamates (subject to hydrolysis) is 1. The molecule has 4 unspecified atom stereocenters.